The first-order chi connectivity index (χ1) is 4.16. The molecule has 0 aromatic carbocycles. The predicted octanol–water partition coefficient (Wildman–Crippen LogP) is 0.682. The zero-order valence-electron chi connectivity index (χ0n) is 4.84. The third-order valence-electron chi connectivity index (χ3n) is 0.546. The van der Waals surface area contributed by atoms with E-state index in [1.807, 2.05) is 0 Å². The Morgan fingerprint density at radius 1 is 1.56 bits per heavy atom. The van der Waals surface area contributed by atoms with Crippen LogP contribution in [0.3, 0.4) is 0 Å². The van der Waals surface area contributed by atoms with E-state index >= 15 is 0 Å². The average Bonchev–Trinajstić information content (AvgIpc) is 1.83. The van der Waals surface area contributed by atoms with Gasteiger partial charge in [-0.2, -0.15) is 0 Å². The van der Waals surface area contributed by atoms with Crippen molar-refractivity contribution in [3.63, 3.8) is 0 Å². The van der Waals surface area contributed by atoms with Gasteiger partial charge in [-0.15, -0.1) is 0 Å². The fourth-order valence-electron chi connectivity index (χ4n) is 0.189. The van der Waals surface area contributed by atoms with E-state index in [1.165, 1.54) is 12.3 Å². The molecule has 0 saturated heterocycles. The van der Waals surface area contributed by atoms with Crippen molar-refractivity contribution in [2.24, 2.45) is 16.5 Å². The molecular weight excluding hydrogens is 182 g/mol. The molecule has 4 heteroatoms. The van der Waals surface area contributed by atoms with E-state index in [1.54, 1.807) is 0 Å². The van der Waals surface area contributed by atoms with Crippen molar-refractivity contribution in [1.29, 1.82) is 0 Å². The second-order valence-corrected chi connectivity index (χ2v) is 2.19. The van der Waals surface area contributed by atoms with Crippen LogP contribution in [0.1, 0.15) is 0 Å². The van der Waals surface area contributed by atoms with Crippen LogP contribution < -0.4 is 11.5 Å². The van der Waals surface area contributed by atoms with Crippen molar-refractivity contribution in [1.82, 2.24) is 0 Å². The summed E-state index contributed by atoms with van der Waals surface area (Å²) in [4.78, 5) is 3.68. The molecule has 0 radical (unpaired) electrons. The summed E-state index contributed by atoms with van der Waals surface area (Å²) in [5, 5.41) is 0. The highest BCUT2D eigenvalue weighted by molar-refractivity contribution is 9.11. The molecule has 0 fully saturated rings. The maximum absolute atomic E-state index is 5.23. The SMILES string of the molecule is C=CC(N)=N/C=C(\N)Br. The van der Waals surface area contributed by atoms with E-state index in [9.17, 15) is 0 Å². The lowest BCUT2D eigenvalue weighted by Crippen LogP contribution is -2.05. The van der Waals surface area contributed by atoms with Crippen molar-refractivity contribution in [2.45, 2.75) is 0 Å². The third-order valence-corrected chi connectivity index (χ3v) is 0.751. The molecule has 0 atom stereocenters. The van der Waals surface area contributed by atoms with Crippen LogP contribution in [0.2, 0.25) is 0 Å². The Kier molecular flexibility index (Phi) is 3.79. The smallest absolute Gasteiger partial charge is 0.122 e. The van der Waals surface area contributed by atoms with Gasteiger partial charge in [0.2, 0.25) is 0 Å². The normalized spacial score (nSPS) is 13.4. The van der Waals surface area contributed by atoms with Crippen LogP contribution in [0.5, 0.6) is 0 Å². The number of aliphatic imine (C=N–C) groups is 1. The van der Waals surface area contributed by atoms with E-state index in [4.69, 9.17) is 11.5 Å². The molecule has 3 nitrogen and oxygen atoms in total. The molecular formula is C5H8BrN3. The summed E-state index contributed by atoms with van der Waals surface area (Å²) in [5.74, 6) is 0.345. The lowest BCUT2D eigenvalue weighted by Gasteiger charge is -1.85. The fourth-order valence-corrected chi connectivity index (χ4v) is 0.291. The molecule has 0 aliphatic carbocycles. The van der Waals surface area contributed by atoms with Crippen LogP contribution in [0.4, 0.5) is 0 Å². The van der Waals surface area contributed by atoms with Crippen LogP contribution in [-0.4, -0.2) is 5.84 Å². The Morgan fingerprint density at radius 2 is 2.11 bits per heavy atom. The standard InChI is InChI=1S/C5H8BrN3/c1-2-5(8)9-3-4(6)7/h2-3H,1,7H2,(H2,8,9)/b4-3-. The van der Waals surface area contributed by atoms with Gasteiger partial charge in [0.05, 0.1) is 10.8 Å². The lowest BCUT2D eigenvalue weighted by atomic mass is 10.6. The summed E-state index contributed by atoms with van der Waals surface area (Å²) in [6, 6.07) is 0. The highest BCUT2D eigenvalue weighted by Crippen LogP contribution is 1.92. The minimum absolute atomic E-state index is 0.345. The van der Waals surface area contributed by atoms with Gasteiger partial charge in [-0.25, -0.2) is 4.99 Å². The summed E-state index contributed by atoms with van der Waals surface area (Å²) in [5.41, 5.74) is 10.4. The highest BCUT2D eigenvalue weighted by atomic mass is 79.9. The second kappa shape index (κ2) is 4.14. The summed E-state index contributed by atoms with van der Waals surface area (Å²) >= 11 is 2.97. The van der Waals surface area contributed by atoms with Crippen LogP contribution in [0.15, 0.2) is 28.5 Å². The predicted molar refractivity (Wildman–Crippen MR) is 43.0 cm³/mol. The van der Waals surface area contributed by atoms with Crippen LogP contribution in [0.25, 0.3) is 0 Å². The maximum Gasteiger partial charge on any atom is 0.122 e. The fraction of sp³-hybridized carbons (Fsp3) is 0. The molecule has 0 heterocycles. The molecule has 0 aromatic heterocycles. The van der Waals surface area contributed by atoms with Crippen molar-refractivity contribution in [2.75, 3.05) is 0 Å². The molecule has 0 unspecified atom stereocenters. The van der Waals surface area contributed by atoms with Gasteiger partial charge >= 0.3 is 0 Å². The van der Waals surface area contributed by atoms with Crippen LogP contribution in [-0.2, 0) is 0 Å². The summed E-state index contributed by atoms with van der Waals surface area (Å²) in [7, 11) is 0. The molecule has 0 bridgehead atoms. The van der Waals surface area contributed by atoms with E-state index < -0.39 is 0 Å². The first-order valence-electron chi connectivity index (χ1n) is 2.23. The first kappa shape index (κ1) is 8.23. The van der Waals surface area contributed by atoms with E-state index in [2.05, 4.69) is 27.5 Å². The van der Waals surface area contributed by atoms with Crippen LogP contribution >= 0.6 is 15.9 Å². The van der Waals surface area contributed by atoms with Gasteiger partial charge in [-0.1, -0.05) is 6.58 Å². The summed E-state index contributed by atoms with van der Waals surface area (Å²) in [6.07, 6.45) is 2.84. The van der Waals surface area contributed by atoms with Crippen molar-refractivity contribution < 1.29 is 0 Å². The molecule has 4 N–H and O–H groups in total. The van der Waals surface area contributed by atoms with Gasteiger partial charge in [0.25, 0.3) is 0 Å². The molecule has 9 heavy (non-hydrogen) atoms. The number of rotatable bonds is 2. The summed E-state index contributed by atoms with van der Waals surface area (Å²) < 4.78 is 0.437. The molecule has 50 valence electrons. The molecule has 0 amide bonds. The quantitative estimate of drug-likeness (QED) is 0.382. The Morgan fingerprint density at radius 3 is 2.44 bits per heavy atom. The van der Waals surface area contributed by atoms with Gasteiger partial charge < -0.3 is 11.5 Å². The van der Waals surface area contributed by atoms with Gasteiger partial charge in [0.15, 0.2) is 0 Å². The Hall–Kier alpha value is -0.770. The minimum atomic E-state index is 0.345. The monoisotopic (exact) mass is 189 g/mol. The van der Waals surface area contributed by atoms with Crippen molar-refractivity contribution in [3.8, 4) is 0 Å². The number of hydrogen-bond acceptors (Lipinski definition) is 2. The molecule has 0 aliphatic heterocycles. The van der Waals surface area contributed by atoms with Crippen molar-refractivity contribution in [3.05, 3.63) is 23.5 Å². The largest absolute Gasteiger partial charge is 0.392 e. The van der Waals surface area contributed by atoms with E-state index in [0.717, 1.165) is 0 Å². The molecule has 0 aromatic rings. The number of amidine groups is 1. The molecule has 0 saturated carbocycles. The molecule has 0 rings (SSSR count). The number of hydrogen-bond donors (Lipinski definition) is 2. The van der Waals surface area contributed by atoms with Crippen molar-refractivity contribution >= 4 is 21.8 Å². The topological polar surface area (TPSA) is 64.4 Å². The van der Waals surface area contributed by atoms with E-state index in [0.29, 0.717) is 10.4 Å². The minimum Gasteiger partial charge on any atom is -0.392 e. The molecule has 0 aliphatic rings. The van der Waals surface area contributed by atoms with E-state index in [-0.39, 0.29) is 0 Å². The number of halogens is 1. The highest BCUT2D eigenvalue weighted by Gasteiger charge is 1.77. The maximum atomic E-state index is 5.23. The van der Waals surface area contributed by atoms with Crippen LogP contribution in [0, 0.1) is 0 Å². The first-order valence-corrected chi connectivity index (χ1v) is 3.03. The Bertz CT molecular complexity index is 156. The Balaban J connectivity index is 3.98. The van der Waals surface area contributed by atoms with Gasteiger partial charge in [-0.05, 0) is 22.0 Å². The number of nitrogens with zero attached hydrogens (tertiary/aromatic N) is 1. The zero-order valence-corrected chi connectivity index (χ0v) is 6.43. The third kappa shape index (κ3) is 5.10. The molecule has 0 spiro atoms. The van der Waals surface area contributed by atoms with Gasteiger partial charge in [0, 0.05) is 0 Å². The zero-order chi connectivity index (χ0) is 7.28. The lowest BCUT2D eigenvalue weighted by molar-refractivity contribution is 1.44. The Labute approximate surface area is 62.3 Å². The summed E-state index contributed by atoms with van der Waals surface area (Å²) in [6.45, 7) is 3.40. The number of nitrogens with two attached hydrogens (primary N) is 2. The second-order valence-electron chi connectivity index (χ2n) is 1.27. The van der Waals surface area contributed by atoms with Gasteiger partial charge in [-0.3, -0.25) is 0 Å². The average molecular weight is 190 g/mol. The van der Waals surface area contributed by atoms with Gasteiger partial charge in [0.1, 0.15) is 5.84 Å².